The lowest BCUT2D eigenvalue weighted by Crippen LogP contribution is -2.28. The molecule has 7 nitrogen and oxygen atoms in total. The van der Waals surface area contributed by atoms with Gasteiger partial charge in [0.05, 0.1) is 18.4 Å². The number of fused-ring (bicyclic) bond motifs is 1. The van der Waals surface area contributed by atoms with Gasteiger partial charge in [-0.2, -0.15) is 0 Å². The van der Waals surface area contributed by atoms with E-state index in [1.54, 1.807) is 30.3 Å². The zero-order valence-electron chi connectivity index (χ0n) is 22.5. The van der Waals surface area contributed by atoms with Gasteiger partial charge in [-0.1, -0.05) is 33.6 Å². The molecule has 3 rings (SSSR count). The first-order valence-electron chi connectivity index (χ1n) is 13.3. The molecule has 0 aliphatic rings. The normalized spacial score (nSPS) is 11.8. The summed E-state index contributed by atoms with van der Waals surface area (Å²) in [5.41, 5.74) is 1.92. The number of nitrogens with zero attached hydrogens (tertiary/aromatic N) is 1. The maximum Gasteiger partial charge on any atom is 0.229 e. The molecule has 0 unspecified atom stereocenters. The number of carbonyl (C=O) groups is 1. The topological polar surface area (TPSA) is 88.8 Å². The van der Waals surface area contributed by atoms with Crippen LogP contribution in [0.15, 0.2) is 46.9 Å². The summed E-state index contributed by atoms with van der Waals surface area (Å²) in [6, 6.07) is 12.1. The van der Waals surface area contributed by atoms with Crippen molar-refractivity contribution < 1.29 is 22.4 Å². The molecule has 3 aromatic rings. The first-order chi connectivity index (χ1) is 17.8. The van der Waals surface area contributed by atoms with Crippen LogP contribution in [0.25, 0.3) is 11.0 Å². The molecule has 1 heterocycles. The largest absolute Gasteiger partial charge is 0.494 e. The third kappa shape index (κ3) is 8.33. The highest BCUT2D eigenvalue weighted by Gasteiger charge is 2.22. The van der Waals surface area contributed by atoms with Crippen LogP contribution in [0.1, 0.15) is 74.6 Å². The predicted octanol–water partition coefficient (Wildman–Crippen LogP) is 6.27. The minimum atomic E-state index is -3.44. The number of furan rings is 1. The number of benzene rings is 2. The van der Waals surface area contributed by atoms with Crippen LogP contribution in [0, 0.1) is 0 Å². The Morgan fingerprint density at radius 1 is 0.946 bits per heavy atom. The number of nitrogens with one attached hydrogen (secondary N) is 1. The van der Waals surface area contributed by atoms with Crippen LogP contribution in [0.2, 0.25) is 0 Å². The number of rotatable bonds is 16. The van der Waals surface area contributed by atoms with Gasteiger partial charge >= 0.3 is 0 Å². The molecular formula is C29H40N2O5S. The van der Waals surface area contributed by atoms with E-state index in [1.807, 2.05) is 19.1 Å². The molecule has 0 fully saturated rings. The Morgan fingerprint density at radius 2 is 1.59 bits per heavy atom. The summed E-state index contributed by atoms with van der Waals surface area (Å²) in [6.07, 6.45) is 7.45. The number of unbranched alkanes of at least 4 members (excludes halogenated alkanes) is 2. The van der Waals surface area contributed by atoms with Crippen molar-refractivity contribution in [2.75, 3.05) is 37.2 Å². The monoisotopic (exact) mass is 528 g/mol. The molecule has 0 aliphatic carbocycles. The zero-order chi connectivity index (χ0) is 26.8. The van der Waals surface area contributed by atoms with Gasteiger partial charge in [-0.15, -0.1) is 0 Å². The second-order valence-corrected chi connectivity index (χ2v) is 11.2. The lowest BCUT2D eigenvalue weighted by atomic mass is 9.99. The van der Waals surface area contributed by atoms with E-state index in [2.05, 4.69) is 23.5 Å². The van der Waals surface area contributed by atoms with Gasteiger partial charge in [-0.3, -0.25) is 9.52 Å². The van der Waals surface area contributed by atoms with Crippen LogP contribution in [-0.2, 0) is 16.4 Å². The van der Waals surface area contributed by atoms with Crippen LogP contribution in [0.3, 0.4) is 0 Å². The van der Waals surface area contributed by atoms with E-state index >= 15 is 0 Å². The molecule has 2 aromatic carbocycles. The maximum atomic E-state index is 13.5. The van der Waals surface area contributed by atoms with E-state index in [4.69, 9.17) is 9.15 Å². The zero-order valence-corrected chi connectivity index (χ0v) is 23.3. The Labute approximate surface area is 221 Å². The highest BCUT2D eigenvalue weighted by molar-refractivity contribution is 7.92. The van der Waals surface area contributed by atoms with Crippen molar-refractivity contribution in [3.8, 4) is 5.75 Å². The molecule has 0 aliphatic heterocycles. The Kier molecular flexibility index (Phi) is 10.6. The number of aryl methyl sites for hydroxylation is 1. The minimum Gasteiger partial charge on any atom is -0.494 e. The van der Waals surface area contributed by atoms with Gasteiger partial charge in [0.25, 0.3) is 0 Å². The fourth-order valence-electron chi connectivity index (χ4n) is 4.35. The smallest absolute Gasteiger partial charge is 0.229 e. The lowest BCUT2D eigenvalue weighted by molar-refractivity contribution is 0.103. The third-order valence-electron chi connectivity index (χ3n) is 6.27. The summed E-state index contributed by atoms with van der Waals surface area (Å²) in [4.78, 5) is 16.0. The van der Waals surface area contributed by atoms with Gasteiger partial charge in [0.1, 0.15) is 17.1 Å². The van der Waals surface area contributed by atoms with Gasteiger partial charge in [-0.25, -0.2) is 8.42 Å². The number of ketones is 1. The molecule has 0 bridgehead atoms. The van der Waals surface area contributed by atoms with Crippen LogP contribution >= 0.6 is 0 Å². The number of carbonyl (C=O) groups excluding carboxylic acids is 1. The molecule has 0 saturated carbocycles. The van der Waals surface area contributed by atoms with Crippen molar-refractivity contribution in [3.05, 3.63) is 59.4 Å². The van der Waals surface area contributed by atoms with Crippen molar-refractivity contribution in [2.24, 2.45) is 0 Å². The molecular weight excluding hydrogens is 488 g/mol. The summed E-state index contributed by atoms with van der Waals surface area (Å²) in [5.74, 6) is 1.14. The fraction of sp³-hybridized carbons (Fsp3) is 0.483. The standard InChI is InChI=1S/C29H40N2O5S/c1-5-8-17-31(18-9-6-2)19-10-20-35-24-14-11-22(12-15-24)29(32)28-25-21-23(30-37(4,33)34)13-16-27(25)36-26(28)7-3/h11-16,21,30H,5-10,17-20H2,1-4H3. The van der Waals surface area contributed by atoms with Crippen molar-refractivity contribution in [1.29, 1.82) is 0 Å². The molecule has 0 radical (unpaired) electrons. The molecule has 0 atom stereocenters. The molecule has 0 spiro atoms. The van der Waals surface area contributed by atoms with E-state index in [0.29, 0.717) is 46.6 Å². The Bertz CT molecular complexity index is 1260. The quantitative estimate of drug-likeness (QED) is 0.174. The Morgan fingerprint density at radius 3 is 2.19 bits per heavy atom. The van der Waals surface area contributed by atoms with Gasteiger partial charge in [0.2, 0.25) is 10.0 Å². The number of sulfonamides is 1. The number of anilines is 1. The van der Waals surface area contributed by atoms with Gasteiger partial charge in [0, 0.05) is 29.6 Å². The summed E-state index contributed by atoms with van der Waals surface area (Å²) in [7, 11) is -3.44. The van der Waals surface area contributed by atoms with Crippen LogP contribution in [0.4, 0.5) is 5.69 Å². The van der Waals surface area contributed by atoms with Crippen LogP contribution in [0.5, 0.6) is 5.75 Å². The predicted molar refractivity (Wildman–Crippen MR) is 150 cm³/mol. The first-order valence-corrected chi connectivity index (χ1v) is 15.2. The third-order valence-corrected chi connectivity index (χ3v) is 6.88. The molecule has 37 heavy (non-hydrogen) atoms. The average molecular weight is 529 g/mol. The van der Waals surface area contributed by atoms with Gasteiger partial charge in [-0.05, 0) is 74.8 Å². The number of ether oxygens (including phenoxy) is 1. The van der Waals surface area contributed by atoms with Crippen LogP contribution in [-0.4, -0.2) is 51.6 Å². The number of hydrogen-bond acceptors (Lipinski definition) is 6. The van der Waals surface area contributed by atoms with E-state index in [0.717, 1.165) is 38.1 Å². The van der Waals surface area contributed by atoms with E-state index < -0.39 is 10.0 Å². The highest BCUT2D eigenvalue weighted by Crippen LogP contribution is 2.31. The molecule has 202 valence electrons. The average Bonchev–Trinajstić information content (AvgIpc) is 3.24. The van der Waals surface area contributed by atoms with Crippen molar-refractivity contribution in [2.45, 2.75) is 59.3 Å². The second kappa shape index (κ2) is 13.6. The van der Waals surface area contributed by atoms with E-state index in [-0.39, 0.29) is 5.78 Å². The van der Waals surface area contributed by atoms with Crippen molar-refractivity contribution in [3.63, 3.8) is 0 Å². The summed E-state index contributed by atoms with van der Waals surface area (Å²) in [6.45, 7) is 10.3. The Hall–Kier alpha value is -2.84. The van der Waals surface area contributed by atoms with Gasteiger partial charge in [0.15, 0.2) is 5.78 Å². The Balaban J connectivity index is 1.67. The fourth-order valence-corrected chi connectivity index (χ4v) is 4.90. The SMILES string of the molecule is CCCCN(CCCC)CCCOc1ccc(C(=O)c2c(CC)oc3ccc(NS(C)(=O)=O)cc23)cc1. The second-order valence-electron chi connectivity index (χ2n) is 9.44. The summed E-state index contributed by atoms with van der Waals surface area (Å²) < 4.78 is 37.6. The van der Waals surface area contributed by atoms with Gasteiger partial charge < -0.3 is 14.1 Å². The summed E-state index contributed by atoms with van der Waals surface area (Å²) >= 11 is 0. The van der Waals surface area contributed by atoms with Crippen LogP contribution < -0.4 is 9.46 Å². The number of hydrogen-bond donors (Lipinski definition) is 1. The van der Waals surface area contributed by atoms with Crippen molar-refractivity contribution >= 4 is 32.5 Å². The molecule has 0 amide bonds. The maximum absolute atomic E-state index is 13.5. The van der Waals surface area contributed by atoms with Crippen molar-refractivity contribution in [1.82, 2.24) is 4.90 Å². The molecule has 1 aromatic heterocycles. The first kappa shape index (κ1) is 28.7. The minimum absolute atomic E-state index is 0.166. The highest BCUT2D eigenvalue weighted by atomic mass is 32.2. The van der Waals surface area contributed by atoms with E-state index in [9.17, 15) is 13.2 Å². The lowest BCUT2D eigenvalue weighted by Gasteiger charge is -2.21. The molecule has 0 saturated heterocycles. The summed E-state index contributed by atoms with van der Waals surface area (Å²) in [5, 5.41) is 0.589. The van der Waals surface area contributed by atoms with E-state index in [1.165, 1.54) is 25.7 Å². The molecule has 8 heteroatoms. The molecule has 1 N–H and O–H groups in total.